The van der Waals surface area contributed by atoms with Crippen LogP contribution in [0.15, 0.2) is 66.7 Å². The Morgan fingerprint density at radius 2 is 1.56 bits per heavy atom. The van der Waals surface area contributed by atoms with Crippen LogP contribution in [0.4, 0.5) is 13.2 Å². The first-order chi connectivity index (χ1) is 16.2. The fourth-order valence-electron chi connectivity index (χ4n) is 3.16. The highest BCUT2D eigenvalue weighted by molar-refractivity contribution is 5.89. The summed E-state index contributed by atoms with van der Waals surface area (Å²) in [5.74, 6) is -2.51. The van der Waals surface area contributed by atoms with Crippen LogP contribution in [0.1, 0.15) is 22.8 Å². The third-order valence-corrected chi connectivity index (χ3v) is 4.78. The SMILES string of the molecule is FC(F)(F)c1cccc(C(OCCN2CCOCC2)c2ccccc2)c1.O=C(O)/C=C/C(=O)O. The third kappa shape index (κ3) is 9.74. The molecule has 7 nitrogen and oxygen atoms in total. The van der Waals surface area contributed by atoms with Gasteiger partial charge < -0.3 is 19.7 Å². The Labute approximate surface area is 195 Å². The van der Waals surface area contributed by atoms with Gasteiger partial charge in [-0.1, -0.05) is 42.5 Å². The number of halogens is 3. The maximum atomic E-state index is 13.1. The first-order valence-corrected chi connectivity index (χ1v) is 10.4. The van der Waals surface area contributed by atoms with Gasteiger partial charge in [0.25, 0.3) is 0 Å². The minimum atomic E-state index is -4.37. The second kappa shape index (κ2) is 13.5. The Hall–Kier alpha value is -3.21. The Kier molecular flexibility index (Phi) is 10.7. The number of aliphatic carboxylic acids is 2. The van der Waals surface area contributed by atoms with Crippen LogP contribution in [0, 0.1) is 0 Å². The van der Waals surface area contributed by atoms with Crippen LogP contribution in [-0.4, -0.2) is 66.5 Å². The Bertz CT molecular complexity index is 927. The maximum absolute atomic E-state index is 13.1. The highest BCUT2D eigenvalue weighted by Crippen LogP contribution is 2.33. The summed E-state index contributed by atoms with van der Waals surface area (Å²) in [6.45, 7) is 4.28. The van der Waals surface area contributed by atoms with Crippen molar-refractivity contribution in [3.63, 3.8) is 0 Å². The lowest BCUT2D eigenvalue weighted by Gasteiger charge is -2.27. The largest absolute Gasteiger partial charge is 0.478 e. The minimum Gasteiger partial charge on any atom is -0.478 e. The smallest absolute Gasteiger partial charge is 0.416 e. The molecule has 2 N–H and O–H groups in total. The highest BCUT2D eigenvalue weighted by atomic mass is 19.4. The molecule has 1 aliphatic heterocycles. The van der Waals surface area contributed by atoms with E-state index in [1.54, 1.807) is 6.07 Å². The van der Waals surface area contributed by atoms with Gasteiger partial charge in [0.2, 0.25) is 0 Å². The van der Waals surface area contributed by atoms with Crippen molar-refractivity contribution in [3.05, 3.63) is 83.4 Å². The van der Waals surface area contributed by atoms with E-state index in [1.807, 2.05) is 30.3 Å². The first kappa shape index (κ1) is 27.0. The molecule has 0 amide bonds. The number of carbonyl (C=O) groups is 2. The van der Waals surface area contributed by atoms with Crippen LogP contribution >= 0.6 is 0 Å². The number of alkyl halides is 3. The van der Waals surface area contributed by atoms with E-state index in [-0.39, 0.29) is 0 Å². The minimum absolute atomic E-state index is 0.440. The Morgan fingerprint density at radius 1 is 0.971 bits per heavy atom. The van der Waals surface area contributed by atoms with Crippen LogP contribution in [0.25, 0.3) is 0 Å². The average molecular weight is 481 g/mol. The lowest BCUT2D eigenvalue weighted by molar-refractivity contribution is -0.137. The van der Waals surface area contributed by atoms with Crippen LogP contribution < -0.4 is 0 Å². The zero-order valence-corrected chi connectivity index (χ0v) is 18.3. The Morgan fingerprint density at radius 3 is 2.12 bits per heavy atom. The predicted octanol–water partition coefficient (Wildman–Crippen LogP) is 3.86. The molecular weight excluding hydrogens is 455 g/mol. The van der Waals surface area contributed by atoms with Crippen molar-refractivity contribution >= 4 is 11.9 Å². The van der Waals surface area contributed by atoms with Crippen molar-refractivity contribution in [2.24, 2.45) is 0 Å². The van der Waals surface area contributed by atoms with Crippen LogP contribution in [0.5, 0.6) is 0 Å². The number of morpholine rings is 1. The van der Waals surface area contributed by atoms with Gasteiger partial charge in [0.15, 0.2) is 0 Å². The van der Waals surface area contributed by atoms with Gasteiger partial charge in [-0.25, -0.2) is 9.59 Å². The van der Waals surface area contributed by atoms with Crippen molar-refractivity contribution in [1.82, 2.24) is 4.90 Å². The van der Waals surface area contributed by atoms with Gasteiger partial charge in [0, 0.05) is 31.8 Å². The molecule has 2 aromatic rings. The molecule has 184 valence electrons. The molecule has 1 fully saturated rings. The maximum Gasteiger partial charge on any atom is 0.416 e. The lowest BCUT2D eigenvalue weighted by Crippen LogP contribution is -2.38. The summed E-state index contributed by atoms with van der Waals surface area (Å²) >= 11 is 0. The molecule has 0 aliphatic carbocycles. The number of nitrogens with zero attached hydrogens (tertiary/aromatic N) is 1. The monoisotopic (exact) mass is 481 g/mol. The predicted molar refractivity (Wildman–Crippen MR) is 117 cm³/mol. The standard InChI is InChI=1S/C20H22F3NO2.C4H4O4/c21-20(22,23)18-8-4-7-17(15-18)19(16-5-2-1-3-6-16)26-14-11-24-9-12-25-13-10-24;5-3(6)1-2-4(7)8/h1-8,15,19H,9-14H2;1-2H,(H,5,6)(H,7,8)/b;2-1+. The van der Waals surface area contributed by atoms with E-state index in [2.05, 4.69) is 4.90 Å². The van der Waals surface area contributed by atoms with Gasteiger partial charge in [-0.05, 0) is 23.3 Å². The van der Waals surface area contributed by atoms with Gasteiger partial charge in [-0.15, -0.1) is 0 Å². The van der Waals surface area contributed by atoms with Crippen LogP contribution in [0.2, 0.25) is 0 Å². The molecule has 1 saturated heterocycles. The van der Waals surface area contributed by atoms with E-state index in [9.17, 15) is 22.8 Å². The molecule has 10 heteroatoms. The van der Waals surface area contributed by atoms with Gasteiger partial charge in [0.05, 0.1) is 25.4 Å². The van der Waals surface area contributed by atoms with Crippen molar-refractivity contribution in [2.75, 3.05) is 39.5 Å². The number of rotatable bonds is 8. The second-order valence-corrected chi connectivity index (χ2v) is 7.25. The molecule has 1 heterocycles. The summed E-state index contributed by atoms with van der Waals surface area (Å²) in [4.78, 5) is 21.3. The molecule has 0 aromatic heterocycles. The van der Waals surface area contributed by atoms with Gasteiger partial charge >= 0.3 is 18.1 Å². The van der Waals surface area contributed by atoms with Crippen LogP contribution in [-0.2, 0) is 25.2 Å². The van der Waals surface area contributed by atoms with E-state index in [0.717, 1.165) is 31.3 Å². The number of hydrogen-bond donors (Lipinski definition) is 2. The first-order valence-electron chi connectivity index (χ1n) is 10.4. The molecule has 1 unspecified atom stereocenters. The molecule has 1 atom stereocenters. The zero-order valence-electron chi connectivity index (χ0n) is 18.3. The van der Waals surface area contributed by atoms with E-state index >= 15 is 0 Å². The summed E-state index contributed by atoms with van der Waals surface area (Å²) in [7, 11) is 0. The summed E-state index contributed by atoms with van der Waals surface area (Å²) in [5.41, 5.74) is 0.689. The fourth-order valence-corrected chi connectivity index (χ4v) is 3.16. The van der Waals surface area contributed by atoms with E-state index < -0.39 is 29.8 Å². The molecule has 0 radical (unpaired) electrons. The van der Waals surface area contributed by atoms with Crippen molar-refractivity contribution < 1.29 is 42.4 Å². The lowest BCUT2D eigenvalue weighted by atomic mass is 9.99. The van der Waals surface area contributed by atoms with E-state index in [0.29, 0.717) is 37.5 Å². The molecule has 1 aliphatic rings. The summed E-state index contributed by atoms with van der Waals surface area (Å²) in [5, 5.41) is 15.6. The van der Waals surface area contributed by atoms with Crippen molar-refractivity contribution in [3.8, 4) is 0 Å². The van der Waals surface area contributed by atoms with E-state index in [1.165, 1.54) is 12.1 Å². The van der Waals surface area contributed by atoms with Crippen molar-refractivity contribution in [1.29, 1.82) is 0 Å². The topological polar surface area (TPSA) is 96.3 Å². The molecule has 0 saturated carbocycles. The zero-order chi connectivity index (χ0) is 25.0. The van der Waals surface area contributed by atoms with Gasteiger partial charge in [0.1, 0.15) is 6.10 Å². The number of benzene rings is 2. The molecule has 34 heavy (non-hydrogen) atoms. The van der Waals surface area contributed by atoms with Crippen molar-refractivity contribution in [2.45, 2.75) is 12.3 Å². The molecule has 0 spiro atoms. The number of hydrogen-bond acceptors (Lipinski definition) is 5. The highest BCUT2D eigenvalue weighted by Gasteiger charge is 2.31. The van der Waals surface area contributed by atoms with Crippen LogP contribution in [0.3, 0.4) is 0 Å². The summed E-state index contributed by atoms with van der Waals surface area (Å²) < 4.78 is 50.6. The summed E-state index contributed by atoms with van der Waals surface area (Å²) in [6.07, 6.45) is -3.78. The summed E-state index contributed by atoms with van der Waals surface area (Å²) in [6, 6.07) is 14.7. The Balaban J connectivity index is 0.000000440. The van der Waals surface area contributed by atoms with Gasteiger partial charge in [-0.2, -0.15) is 13.2 Å². The quantitative estimate of drug-likeness (QED) is 0.553. The molecule has 2 aromatic carbocycles. The number of carboxylic acid groups (broad SMARTS) is 2. The fraction of sp³-hybridized carbons (Fsp3) is 0.333. The molecule has 3 rings (SSSR count). The molecule has 0 bridgehead atoms. The third-order valence-electron chi connectivity index (χ3n) is 4.78. The van der Waals surface area contributed by atoms with Gasteiger partial charge in [-0.3, -0.25) is 4.90 Å². The average Bonchev–Trinajstić information content (AvgIpc) is 2.82. The normalized spacial score (nSPS) is 15.4. The number of ether oxygens (including phenoxy) is 2. The number of carboxylic acids is 2. The van der Waals surface area contributed by atoms with E-state index in [4.69, 9.17) is 19.7 Å². The molecular formula is C24H26F3NO6. The second-order valence-electron chi connectivity index (χ2n) is 7.25.